The molecule has 1 aliphatic heterocycles. The van der Waals surface area contributed by atoms with Crippen molar-refractivity contribution in [1.29, 1.82) is 0 Å². The number of benzene rings is 2. The second-order valence-corrected chi connectivity index (χ2v) is 7.83. The summed E-state index contributed by atoms with van der Waals surface area (Å²) in [6, 6.07) is 15.4. The van der Waals surface area contributed by atoms with Crippen LogP contribution in [-0.2, 0) is 9.59 Å². The van der Waals surface area contributed by atoms with Gasteiger partial charge >= 0.3 is 0 Å². The lowest BCUT2D eigenvalue weighted by molar-refractivity contribution is -0.116. The summed E-state index contributed by atoms with van der Waals surface area (Å²) in [5.41, 5.74) is 5.68. The Hall–Kier alpha value is -3.34. The summed E-state index contributed by atoms with van der Waals surface area (Å²) in [6.07, 6.45) is 2.17. The van der Waals surface area contributed by atoms with Gasteiger partial charge in [-0.25, -0.2) is 0 Å². The maximum absolute atomic E-state index is 13.5. The first-order chi connectivity index (χ1) is 14.5. The number of para-hydroxylation sites is 2. The van der Waals surface area contributed by atoms with Crippen LogP contribution in [0.5, 0.6) is 5.75 Å². The second-order valence-electron chi connectivity index (χ2n) is 7.83. The van der Waals surface area contributed by atoms with E-state index in [0.717, 1.165) is 40.9 Å². The summed E-state index contributed by atoms with van der Waals surface area (Å²) < 4.78 is 5.38. The minimum Gasteiger partial charge on any atom is -0.495 e. The average molecular weight is 402 g/mol. The molecule has 1 heterocycles. The number of ether oxygens (including phenoxy) is 1. The summed E-state index contributed by atoms with van der Waals surface area (Å²) in [5.74, 6) is 0.0866. The minimum atomic E-state index is -0.386. The largest absolute Gasteiger partial charge is 0.495 e. The van der Waals surface area contributed by atoms with Gasteiger partial charge in [-0.1, -0.05) is 42.0 Å². The molecule has 2 N–H and O–H groups in total. The molecule has 2 aliphatic rings. The molecular formula is C25H26N2O3. The lowest BCUT2D eigenvalue weighted by atomic mass is 9.75. The van der Waals surface area contributed by atoms with E-state index >= 15 is 0 Å². The van der Waals surface area contributed by atoms with Crippen molar-refractivity contribution in [3.8, 4) is 5.75 Å². The first kappa shape index (κ1) is 20.0. The minimum absolute atomic E-state index is 0.116. The first-order valence-corrected chi connectivity index (χ1v) is 10.2. The average Bonchev–Trinajstić information content (AvgIpc) is 2.73. The van der Waals surface area contributed by atoms with Gasteiger partial charge in [-0.2, -0.15) is 0 Å². The number of rotatable bonds is 4. The summed E-state index contributed by atoms with van der Waals surface area (Å²) >= 11 is 0. The van der Waals surface area contributed by atoms with Gasteiger partial charge in [0, 0.05) is 34.9 Å². The Morgan fingerprint density at radius 2 is 1.90 bits per heavy atom. The molecule has 2 aromatic rings. The van der Waals surface area contributed by atoms with E-state index < -0.39 is 0 Å². The predicted octanol–water partition coefficient (Wildman–Crippen LogP) is 4.61. The third kappa shape index (κ3) is 3.63. The number of anilines is 1. The SMILES string of the molecule is COc1ccccc1NC(=O)C1=C(C)NC2=C(C(=O)CCC2)[C@@H]1c1cccc(C)c1. The summed E-state index contributed by atoms with van der Waals surface area (Å²) in [4.78, 5) is 26.5. The third-order valence-corrected chi connectivity index (χ3v) is 5.75. The van der Waals surface area contributed by atoms with Crippen molar-refractivity contribution in [3.63, 3.8) is 0 Å². The van der Waals surface area contributed by atoms with Gasteiger partial charge in [0.1, 0.15) is 5.75 Å². The predicted molar refractivity (Wildman–Crippen MR) is 117 cm³/mol. The number of ketones is 1. The molecule has 1 aliphatic carbocycles. The van der Waals surface area contributed by atoms with E-state index in [0.29, 0.717) is 23.4 Å². The Bertz CT molecular complexity index is 1080. The van der Waals surface area contributed by atoms with Crippen molar-refractivity contribution < 1.29 is 14.3 Å². The molecule has 0 radical (unpaired) electrons. The molecule has 0 bridgehead atoms. The van der Waals surface area contributed by atoms with Gasteiger partial charge in [-0.05, 0) is 44.4 Å². The molecule has 0 saturated heterocycles. The number of aryl methyl sites for hydroxylation is 1. The number of dihydropyridines is 1. The molecule has 2 aromatic carbocycles. The molecule has 1 amide bonds. The van der Waals surface area contributed by atoms with Gasteiger partial charge in [0.05, 0.1) is 12.8 Å². The van der Waals surface area contributed by atoms with Crippen molar-refractivity contribution in [3.05, 3.63) is 82.2 Å². The van der Waals surface area contributed by atoms with E-state index in [1.165, 1.54) is 0 Å². The quantitative estimate of drug-likeness (QED) is 0.784. The standard InChI is InChI=1S/C25H26N2O3/c1-15-8-6-9-17(14-15)23-22(16(2)26-19-11-7-12-20(28)24(19)23)25(29)27-18-10-4-5-13-21(18)30-3/h4-6,8-10,13-14,23,26H,7,11-12H2,1-3H3,(H,27,29)/t23-/m1/s1. The maximum Gasteiger partial charge on any atom is 0.254 e. The van der Waals surface area contributed by atoms with E-state index in [1.54, 1.807) is 19.2 Å². The van der Waals surface area contributed by atoms with Gasteiger partial charge in [-0.3, -0.25) is 9.59 Å². The van der Waals surface area contributed by atoms with E-state index in [9.17, 15) is 9.59 Å². The fourth-order valence-corrected chi connectivity index (χ4v) is 4.40. The molecule has 0 saturated carbocycles. The number of allylic oxidation sites excluding steroid dienone is 3. The number of methoxy groups -OCH3 is 1. The normalized spacial score (nSPS) is 18.6. The third-order valence-electron chi connectivity index (χ3n) is 5.75. The van der Waals surface area contributed by atoms with E-state index in [1.807, 2.05) is 44.2 Å². The van der Waals surface area contributed by atoms with Crippen molar-refractivity contribution in [1.82, 2.24) is 5.32 Å². The van der Waals surface area contributed by atoms with Crippen LogP contribution in [0.1, 0.15) is 43.2 Å². The Balaban J connectivity index is 1.80. The number of carbonyl (C=O) groups excluding carboxylic acids is 2. The second kappa shape index (κ2) is 8.19. The zero-order valence-corrected chi connectivity index (χ0v) is 17.5. The first-order valence-electron chi connectivity index (χ1n) is 10.2. The van der Waals surface area contributed by atoms with Crippen molar-refractivity contribution in [2.75, 3.05) is 12.4 Å². The smallest absolute Gasteiger partial charge is 0.254 e. The summed E-state index contributed by atoms with van der Waals surface area (Å²) in [5, 5.41) is 6.35. The van der Waals surface area contributed by atoms with Crippen LogP contribution < -0.4 is 15.4 Å². The van der Waals surface area contributed by atoms with Crippen LogP contribution in [0.15, 0.2) is 71.1 Å². The van der Waals surface area contributed by atoms with Crippen LogP contribution in [0.25, 0.3) is 0 Å². The fraction of sp³-hybridized carbons (Fsp3) is 0.280. The van der Waals surface area contributed by atoms with Crippen LogP contribution in [0, 0.1) is 6.92 Å². The van der Waals surface area contributed by atoms with Crippen molar-refractivity contribution >= 4 is 17.4 Å². The fourth-order valence-electron chi connectivity index (χ4n) is 4.40. The van der Waals surface area contributed by atoms with Crippen LogP contribution in [0.3, 0.4) is 0 Å². The molecule has 4 rings (SSSR count). The van der Waals surface area contributed by atoms with Gasteiger partial charge in [0.25, 0.3) is 5.91 Å². The number of nitrogens with one attached hydrogen (secondary N) is 2. The van der Waals surface area contributed by atoms with Gasteiger partial charge in [0.2, 0.25) is 0 Å². The van der Waals surface area contributed by atoms with Gasteiger partial charge in [0.15, 0.2) is 5.78 Å². The van der Waals surface area contributed by atoms with Crippen LogP contribution in [-0.4, -0.2) is 18.8 Å². The van der Waals surface area contributed by atoms with Crippen LogP contribution in [0.4, 0.5) is 5.69 Å². The lowest BCUT2D eigenvalue weighted by Gasteiger charge is -2.34. The number of hydrogen-bond donors (Lipinski definition) is 2. The zero-order valence-electron chi connectivity index (χ0n) is 17.5. The molecule has 5 nitrogen and oxygen atoms in total. The lowest BCUT2D eigenvalue weighted by Crippen LogP contribution is -2.35. The highest BCUT2D eigenvalue weighted by Gasteiger charge is 2.38. The molecule has 154 valence electrons. The molecule has 0 fully saturated rings. The molecular weight excluding hydrogens is 376 g/mol. The van der Waals surface area contributed by atoms with Crippen LogP contribution in [0.2, 0.25) is 0 Å². The molecule has 0 unspecified atom stereocenters. The van der Waals surface area contributed by atoms with Crippen molar-refractivity contribution in [2.24, 2.45) is 0 Å². The summed E-state index contributed by atoms with van der Waals surface area (Å²) in [7, 11) is 1.57. The highest BCUT2D eigenvalue weighted by molar-refractivity contribution is 6.10. The molecule has 1 atom stereocenters. The van der Waals surface area contributed by atoms with Crippen LogP contribution >= 0.6 is 0 Å². The van der Waals surface area contributed by atoms with Gasteiger partial charge in [-0.15, -0.1) is 0 Å². The Morgan fingerprint density at radius 3 is 2.67 bits per heavy atom. The number of carbonyl (C=O) groups is 2. The topological polar surface area (TPSA) is 67.4 Å². The van der Waals surface area contributed by atoms with E-state index in [4.69, 9.17) is 4.74 Å². The maximum atomic E-state index is 13.5. The number of Topliss-reactive ketones (excluding diaryl/α,β-unsaturated/α-hetero) is 1. The van der Waals surface area contributed by atoms with E-state index in [2.05, 4.69) is 16.7 Å². The monoisotopic (exact) mass is 402 g/mol. The van der Waals surface area contributed by atoms with Gasteiger partial charge < -0.3 is 15.4 Å². The Kier molecular flexibility index (Phi) is 5.44. The Morgan fingerprint density at radius 1 is 1.10 bits per heavy atom. The highest BCUT2D eigenvalue weighted by Crippen LogP contribution is 2.42. The molecule has 5 heteroatoms. The zero-order chi connectivity index (χ0) is 21.3. The van der Waals surface area contributed by atoms with E-state index in [-0.39, 0.29) is 17.6 Å². The summed E-state index contributed by atoms with van der Waals surface area (Å²) in [6.45, 7) is 3.93. The number of amides is 1. The molecule has 0 spiro atoms. The molecule has 30 heavy (non-hydrogen) atoms. The van der Waals surface area contributed by atoms with Crippen molar-refractivity contribution in [2.45, 2.75) is 39.0 Å². The number of hydrogen-bond acceptors (Lipinski definition) is 4. The highest BCUT2D eigenvalue weighted by atomic mass is 16.5. The molecule has 0 aromatic heterocycles. The Labute approximate surface area is 176 Å².